The van der Waals surface area contributed by atoms with Crippen LogP contribution >= 0.6 is 0 Å². The lowest BCUT2D eigenvalue weighted by Crippen LogP contribution is -2.46. The molecule has 0 saturated carbocycles. The van der Waals surface area contributed by atoms with Crippen molar-refractivity contribution in [3.05, 3.63) is 59.7 Å². The van der Waals surface area contributed by atoms with Crippen molar-refractivity contribution in [1.29, 1.82) is 0 Å². The molecule has 1 aliphatic rings. The van der Waals surface area contributed by atoms with Gasteiger partial charge in [0.2, 0.25) is 0 Å². The van der Waals surface area contributed by atoms with E-state index in [1.165, 1.54) is 5.56 Å². The van der Waals surface area contributed by atoms with Crippen LogP contribution < -0.4 is 9.47 Å². The zero-order valence-corrected chi connectivity index (χ0v) is 19.9. The summed E-state index contributed by atoms with van der Waals surface area (Å²) in [5.74, 6) is 1.30. The molecule has 1 heterocycles. The quantitative estimate of drug-likeness (QED) is 0.537. The molecule has 0 aromatic heterocycles. The van der Waals surface area contributed by atoms with Gasteiger partial charge in [-0.25, -0.2) is 8.42 Å². The number of benzene rings is 2. The van der Waals surface area contributed by atoms with Gasteiger partial charge in [0.1, 0.15) is 11.5 Å². The van der Waals surface area contributed by atoms with E-state index < -0.39 is 15.9 Å². The Kier molecular flexibility index (Phi) is 8.18. The number of rotatable bonds is 10. The topological polar surface area (TPSA) is 72.9 Å². The highest BCUT2D eigenvalue weighted by Gasteiger charge is 2.36. The number of hydrogen-bond donors (Lipinski definition) is 0. The molecule has 2 aromatic rings. The monoisotopic (exact) mass is 459 g/mol. The first-order valence-corrected chi connectivity index (χ1v) is 13.1. The van der Waals surface area contributed by atoms with Gasteiger partial charge >= 0.3 is 0 Å². The largest absolute Gasteiger partial charge is 0.494 e. The average Bonchev–Trinajstić information content (AvgIpc) is 3.16. The minimum absolute atomic E-state index is 0.00560. The number of sulfone groups is 1. The van der Waals surface area contributed by atoms with Crippen LogP contribution in [0.1, 0.15) is 44.7 Å². The minimum Gasteiger partial charge on any atom is -0.494 e. The summed E-state index contributed by atoms with van der Waals surface area (Å²) >= 11 is 0. The molecule has 1 fully saturated rings. The maximum absolute atomic E-state index is 13.4. The summed E-state index contributed by atoms with van der Waals surface area (Å²) in [5, 5.41) is 0. The SMILES string of the molecule is CCCOc1ccc(CN(C(=O)C(C)Oc2ccc(CC)cc2)C2CCS(=O)(=O)C2)cc1. The molecule has 0 N–H and O–H groups in total. The first-order valence-electron chi connectivity index (χ1n) is 11.3. The Balaban J connectivity index is 1.74. The van der Waals surface area contributed by atoms with Gasteiger partial charge in [-0.3, -0.25) is 4.79 Å². The number of nitrogens with zero attached hydrogens (tertiary/aromatic N) is 1. The fourth-order valence-corrected chi connectivity index (χ4v) is 5.54. The molecule has 6 nitrogen and oxygen atoms in total. The Morgan fingerprint density at radius 1 is 1.03 bits per heavy atom. The Morgan fingerprint density at radius 2 is 1.66 bits per heavy atom. The molecule has 0 radical (unpaired) electrons. The number of ether oxygens (including phenoxy) is 2. The first kappa shape index (κ1) is 24.1. The summed E-state index contributed by atoms with van der Waals surface area (Å²) in [6.07, 6.45) is 1.59. The molecule has 174 valence electrons. The van der Waals surface area contributed by atoms with Crippen LogP contribution in [0.25, 0.3) is 0 Å². The van der Waals surface area contributed by atoms with E-state index in [0.29, 0.717) is 25.3 Å². The van der Waals surface area contributed by atoms with Crippen molar-refractivity contribution in [3.63, 3.8) is 0 Å². The molecule has 32 heavy (non-hydrogen) atoms. The number of carbonyl (C=O) groups is 1. The zero-order valence-electron chi connectivity index (χ0n) is 19.1. The highest BCUT2D eigenvalue weighted by atomic mass is 32.2. The highest BCUT2D eigenvalue weighted by Crippen LogP contribution is 2.23. The second-order valence-corrected chi connectivity index (χ2v) is 10.5. The van der Waals surface area contributed by atoms with Crippen LogP contribution in [-0.4, -0.2) is 49.5 Å². The number of carbonyl (C=O) groups excluding carboxylic acids is 1. The molecule has 0 bridgehead atoms. The molecule has 2 atom stereocenters. The number of aryl methyl sites for hydroxylation is 1. The molecule has 3 rings (SSSR count). The Morgan fingerprint density at radius 3 is 2.22 bits per heavy atom. The third-order valence-electron chi connectivity index (χ3n) is 5.67. The van der Waals surface area contributed by atoms with E-state index in [1.807, 2.05) is 48.5 Å². The maximum atomic E-state index is 13.4. The van der Waals surface area contributed by atoms with E-state index in [1.54, 1.807) is 11.8 Å². The normalized spacial score (nSPS) is 18.2. The summed E-state index contributed by atoms with van der Waals surface area (Å²) in [5.41, 5.74) is 2.12. The van der Waals surface area contributed by atoms with Crippen LogP contribution in [0.15, 0.2) is 48.5 Å². The van der Waals surface area contributed by atoms with Crippen molar-refractivity contribution >= 4 is 15.7 Å². The lowest BCUT2D eigenvalue weighted by atomic mass is 10.1. The van der Waals surface area contributed by atoms with E-state index in [9.17, 15) is 13.2 Å². The first-order chi connectivity index (χ1) is 15.3. The predicted molar refractivity (Wildman–Crippen MR) is 126 cm³/mol. The second kappa shape index (κ2) is 10.9. The summed E-state index contributed by atoms with van der Waals surface area (Å²) in [6.45, 7) is 6.83. The number of amides is 1. The molecule has 1 aliphatic heterocycles. The van der Waals surface area contributed by atoms with E-state index in [0.717, 1.165) is 24.2 Å². The van der Waals surface area contributed by atoms with E-state index in [2.05, 4.69) is 13.8 Å². The van der Waals surface area contributed by atoms with E-state index in [4.69, 9.17) is 9.47 Å². The molecule has 0 spiro atoms. The van der Waals surface area contributed by atoms with Gasteiger partial charge < -0.3 is 14.4 Å². The van der Waals surface area contributed by atoms with Crippen LogP contribution in [0.5, 0.6) is 11.5 Å². The molecule has 1 amide bonds. The Labute approximate surface area is 191 Å². The lowest BCUT2D eigenvalue weighted by molar-refractivity contribution is -0.140. The molecule has 7 heteroatoms. The van der Waals surface area contributed by atoms with Gasteiger partial charge in [0.15, 0.2) is 15.9 Å². The number of hydrogen-bond acceptors (Lipinski definition) is 5. The third kappa shape index (κ3) is 6.48. The fraction of sp³-hybridized carbons (Fsp3) is 0.480. The van der Waals surface area contributed by atoms with Crippen molar-refractivity contribution in [2.45, 2.75) is 58.7 Å². The molecule has 2 unspecified atom stereocenters. The van der Waals surface area contributed by atoms with Crippen molar-refractivity contribution < 1.29 is 22.7 Å². The lowest BCUT2D eigenvalue weighted by Gasteiger charge is -2.31. The van der Waals surface area contributed by atoms with Gasteiger partial charge in [0.25, 0.3) is 5.91 Å². The smallest absolute Gasteiger partial charge is 0.263 e. The molecule has 1 saturated heterocycles. The highest BCUT2D eigenvalue weighted by molar-refractivity contribution is 7.91. The van der Waals surface area contributed by atoms with E-state index >= 15 is 0 Å². The Bertz CT molecular complexity index is 986. The predicted octanol–water partition coefficient (Wildman–Crippen LogP) is 4.02. The van der Waals surface area contributed by atoms with Crippen LogP contribution in [0.4, 0.5) is 0 Å². The standard InChI is InChI=1S/C25H33NO5S/c1-4-15-30-23-10-8-21(9-11-23)17-26(22-14-16-32(28,29)18-22)25(27)19(3)31-24-12-6-20(5-2)7-13-24/h6-13,19,22H,4-5,14-18H2,1-3H3. The fourth-order valence-electron chi connectivity index (χ4n) is 3.81. The van der Waals surface area contributed by atoms with Crippen molar-refractivity contribution in [3.8, 4) is 11.5 Å². The van der Waals surface area contributed by atoms with Crippen LogP contribution in [-0.2, 0) is 27.6 Å². The van der Waals surface area contributed by atoms with Crippen molar-refractivity contribution in [2.75, 3.05) is 18.1 Å². The van der Waals surface area contributed by atoms with Gasteiger partial charge in [-0.15, -0.1) is 0 Å². The van der Waals surface area contributed by atoms with Gasteiger partial charge in [0.05, 0.1) is 18.1 Å². The zero-order chi connectivity index (χ0) is 23.1. The average molecular weight is 460 g/mol. The summed E-state index contributed by atoms with van der Waals surface area (Å²) in [6, 6.07) is 14.9. The van der Waals surface area contributed by atoms with Crippen LogP contribution in [0, 0.1) is 0 Å². The summed E-state index contributed by atoms with van der Waals surface area (Å²) in [7, 11) is -3.13. The molecular formula is C25H33NO5S. The van der Waals surface area contributed by atoms with Gasteiger partial charge in [-0.2, -0.15) is 0 Å². The minimum atomic E-state index is -3.13. The summed E-state index contributed by atoms with van der Waals surface area (Å²) < 4.78 is 35.7. The van der Waals surface area contributed by atoms with Gasteiger partial charge in [-0.1, -0.05) is 38.1 Å². The maximum Gasteiger partial charge on any atom is 0.263 e. The molecule has 2 aromatic carbocycles. The Hall–Kier alpha value is -2.54. The van der Waals surface area contributed by atoms with Gasteiger partial charge in [-0.05, 0) is 61.6 Å². The van der Waals surface area contributed by atoms with E-state index in [-0.39, 0.29) is 23.5 Å². The third-order valence-corrected chi connectivity index (χ3v) is 7.42. The molecule has 0 aliphatic carbocycles. The van der Waals surface area contributed by atoms with Gasteiger partial charge in [0, 0.05) is 12.6 Å². The van der Waals surface area contributed by atoms with Crippen molar-refractivity contribution in [1.82, 2.24) is 4.90 Å². The van der Waals surface area contributed by atoms with Crippen molar-refractivity contribution in [2.24, 2.45) is 0 Å². The van der Waals surface area contributed by atoms with Crippen LogP contribution in [0.3, 0.4) is 0 Å². The summed E-state index contributed by atoms with van der Waals surface area (Å²) in [4.78, 5) is 15.0. The second-order valence-electron chi connectivity index (χ2n) is 8.27. The molecular weight excluding hydrogens is 426 g/mol. The van der Waals surface area contributed by atoms with Crippen LogP contribution in [0.2, 0.25) is 0 Å².